The second-order valence-corrected chi connectivity index (χ2v) is 14.1. The van der Waals surface area contributed by atoms with Crippen molar-refractivity contribution in [2.45, 2.75) is 112 Å². The van der Waals surface area contributed by atoms with Crippen LogP contribution < -0.4 is 0 Å². The van der Waals surface area contributed by atoms with Gasteiger partial charge in [0.15, 0.2) is 5.78 Å². The van der Waals surface area contributed by atoms with Crippen LogP contribution in [0.4, 0.5) is 0 Å². The minimum Gasteiger partial charge on any atom is -0.392 e. The zero-order valence-corrected chi connectivity index (χ0v) is 21.2. The average molecular weight is 441 g/mol. The number of Topliss-reactive ketones (excluding diaryl/α,β-unsaturated/α-hetero) is 1. The highest BCUT2D eigenvalue weighted by Crippen LogP contribution is 2.74. The summed E-state index contributed by atoms with van der Waals surface area (Å²) in [6.45, 7) is 14.1. The van der Waals surface area contributed by atoms with E-state index in [0.717, 1.165) is 51.2 Å². The van der Waals surface area contributed by atoms with Gasteiger partial charge >= 0.3 is 0 Å². The molecule has 0 radical (unpaired) electrons. The molecule has 0 aromatic carbocycles. The number of aliphatic hydroxyl groups is 1. The molecule has 3 saturated carbocycles. The van der Waals surface area contributed by atoms with Gasteiger partial charge in [-0.1, -0.05) is 47.1 Å². The predicted octanol–water partition coefficient (Wildman–Crippen LogP) is 6.28. The van der Waals surface area contributed by atoms with Gasteiger partial charge in [0.2, 0.25) is 0 Å². The summed E-state index contributed by atoms with van der Waals surface area (Å²) in [7, 11) is 0. The topological polar surface area (TPSA) is 54.4 Å². The zero-order valence-electron chi connectivity index (χ0n) is 21.2. The fraction of sp³-hybridized carbons (Fsp3) is 0.862. The molecule has 5 aliphatic rings. The van der Waals surface area contributed by atoms with Crippen molar-refractivity contribution in [1.82, 2.24) is 0 Å². The van der Waals surface area contributed by atoms with E-state index in [1.165, 1.54) is 24.0 Å². The number of hydrogen-bond acceptors (Lipinski definition) is 3. The molecule has 0 aromatic heterocycles. The maximum absolute atomic E-state index is 13.5. The first-order valence-electron chi connectivity index (χ1n) is 13.2. The second-order valence-electron chi connectivity index (χ2n) is 14.1. The van der Waals surface area contributed by atoms with Crippen LogP contribution in [0.25, 0.3) is 0 Å². The Balaban J connectivity index is 1.57. The van der Waals surface area contributed by atoms with E-state index < -0.39 is 11.5 Å². The molecule has 5 rings (SSSR count). The molecule has 1 N–H and O–H groups in total. The number of rotatable bonds is 1. The Hall–Kier alpha value is -0.960. The first-order chi connectivity index (χ1) is 14.8. The first kappa shape index (κ1) is 22.8. The Labute approximate surface area is 194 Å². The lowest BCUT2D eigenvalue weighted by Crippen LogP contribution is -2.66. The summed E-state index contributed by atoms with van der Waals surface area (Å²) in [5, 5.41) is 10.8. The average Bonchev–Trinajstić information content (AvgIpc) is 2.71. The van der Waals surface area contributed by atoms with Gasteiger partial charge in [-0.15, -0.1) is 0 Å². The number of fused-ring (bicyclic) bond motifs is 6. The Morgan fingerprint density at radius 1 is 0.844 bits per heavy atom. The fourth-order valence-corrected chi connectivity index (χ4v) is 10.1. The standard InChI is InChI=1S/C29H44O3/c1-25(2)12-9-18-19(15-25)20-7-8-23-26(3)13-11-24(32)27(4,17-30)22(26)10-14-28(23,5)29(20,6)16-21(18)31/h17,20,22-24,32H,7-16H2,1-6H3/t20-,22-,23-,24+,26+,27+,28-,29-/m1/s1. The van der Waals surface area contributed by atoms with Gasteiger partial charge in [0.05, 0.1) is 11.5 Å². The summed E-state index contributed by atoms with van der Waals surface area (Å²) in [6, 6.07) is 0. The van der Waals surface area contributed by atoms with Gasteiger partial charge in [0.25, 0.3) is 0 Å². The summed E-state index contributed by atoms with van der Waals surface area (Å²) in [5.74, 6) is 1.70. The molecule has 0 heterocycles. The second kappa shape index (κ2) is 6.80. The van der Waals surface area contributed by atoms with E-state index >= 15 is 0 Å². The lowest BCUT2D eigenvalue weighted by atomic mass is 9.33. The molecule has 0 amide bonds. The van der Waals surface area contributed by atoms with E-state index in [1.807, 2.05) is 6.92 Å². The minimum atomic E-state index is -0.641. The molecule has 32 heavy (non-hydrogen) atoms. The van der Waals surface area contributed by atoms with Crippen molar-refractivity contribution in [3.05, 3.63) is 11.1 Å². The van der Waals surface area contributed by atoms with Crippen LogP contribution in [-0.2, 0) is 9.59 Å². The van der Waals surface area contributed by atoms with Crippen molar-refractivity contribution in [3.63, 3.8) is 0 Å². The molecular formula is C29H44O3. The van der Waals surface area contributed by atoms with Crippen molar-refractivity contribution in [2.24, 2.45) is 44.8 Å². The van der Waals surface area contributed by atoms with Gasteiger partial charge in [-0.25, -0.2) is 0 Å². The summed E-state index contributed by atoms with van der Waals surface area (Å²) < 4.78 is 0. The highest BCUT2D eigenvalue weighted by atomic mass is 16.3. The Morgan fingerprint density at radius 2 is 1.56 bits per heavy atom. The number of carbonyl (C=O) groups is 2. The van der Waals surface area contributed by atoms with Gasteiger partial charge in [-0.05, 0) is 103 Å². The van der Waals surface area contributed by atoms with Crippen molar-refractivity contribution in [1.29, 1.82) is 0 Å². The number of aliphatic hydroxyl groups excluding tert-OH is 1. The molecule has 3 fully saturated rings. The van der Waals surface area contributed by atoms with Crippen LogP contribution in [0.2, 0.25) is 0 Å². The quantitative estimate of drug-likeness (QED) is 0.488. The molecular weight excluding hydrogens is 396 g/mol. The molecule has 0 aromatic rings. The van der Waals surface area contributed by atoms with Crippen molar-refractivity contribution >= 4 is 12.1 Å². The van der Waals surface area contributed by atoms with Crippen LogP contribution in [0.3, 0.4) is 0 Å². The molecule has 0 spiro atoms. The van der Waals surface area contributed by atoms with E-state index in [4.69, 9.17) is 0 Å². The summed E-state index contributed by atoms with van der Waals surface area (Å²) in [5.41, 5.74) is 2.53. The first-order valence-corrected chi connectivity index (χ1v) is 13.2. The number of aldehydes is 1. The number of ketones is 1. The van der Waals surface area contributed by atoms with E-state index in [9.17, 15) is 14.7 Å². The van der Waals surface area contributed by atoms with Crippen molar-refractivity contribution in [3.8, 4) is 0 Å². The summed E-state index contributed by atoms with van der Waals surface area (Å²) in [4.78, 5) is 25.8. The minimum absolute atomic E-state index is 0.000870. The van der Waals surface area contributed by atoms with Gasteiger partial charge in [0, 0.05) is 6.42 Å². The van der Waals surface area contributed by atoms with E-state index in [2.05, 4.69) is 34.6 Å². The van der Waals surface area contributed by atoms with Crippen molar-refractivity contribution in [2.75, 3.05) is 0 Å². The molecule has 5 aliphatic carbocycles. The van der Waals surface area contributed by atoms with E-state index in [-0.39, 0.29) is 22.2 Å². The third-order valence-electron chi connectivity index (χ3n) is 12.2. The van der Waals surface area contributed by atoms with Crippen LogP contribution in [0.5, 0.6) is 0 Å². The number of carbonyl (C=O) groups excluding carboxylic acids is 2. The molecule has 0 bridgehead atoms. The van der Waals surface area contributed by atoms with Crippen LogP contribution in [0.15, 0.2) is 11.1 Å². The lowest BCUT2D eigenvalue weighted by molar-refractivity contribution is -0.221. The largest absolute Gasteiger partial charge is 0.392 e. The smallest absolute Gasteiger partial charge is 0.159 e. The van der Waals surface area contributed by atoms with Crippen LogP contribution in [0.1, 0.15) is 106 Å². The van der Waals surface area contributed by atoms with Crippen LogP contribution >= 0.6 is 0 Å². The number of hydrogen-bond donors (Lipinski definition) is 1. The molecule has 0 aliphatic heterocycles. The third kappa shape index (κ3) is 2.70. The highest BCUT2D eigenvalue weighted by molar-refractivity contribution is 5.98. The summed E-state index contributed by atoms with van der Waals surface area (Å²) >= 11 is 0. The van der Waals surface area contributed by atoms with Gasteiger partial charge < -0.3 is 9.90 Å². The van der Waals surface area contributed by atoms with Gasteiger partial charge in [-0.2, -0.15) is 0 Å². The predicted molar refractivity (Wildman–Crippen MR) is 127 cm³/mol. The zero-order chi connectivity index (χ0) is 23.3. The molecule has 0 saturated heterocycles. The SMILES string of the molecule is CC1(C)CCC2=C(C1)[C@H]1CC[C@@H]3[C@@]4(C)CC[C@H](O)[C@@](C)(C=O)[C@@H]4CC[C@@]3(C)[C@]1(C)CC2=O. The van der Waals surface area contributed by atoms with Crippen molar-refractivity contribution < 1.29 is 14.7 Å². The molecule has 8 atom stereocenters. The number of allylic oxidation sites excluding steroid dienone is 2. The van der Waals surface area contributed by atoms with Gasteiger partial charge in [0.1, 0.15) is 6.29 Å². The van der Waals surface area contributed by atoms with E-state index in [0.29, 0.717) is 29.5 Å². The van der Waals surface area contributed by atoms with Crippen LogP contribution in [-0.4, -0.2) is 23.3 Å². The molecule has 178 valence electrons. The molecule has 3 heteroatoms. The third-order valence-corrected chi connectivity index (χ3v) is 12.2. The monoisotopic (exact) mass is 440 g/mol. The Kier molecular flexibility index (Phi) is 4.85. The highest BCUT2D eigenvalue weighted by Gasteiger charge is 2.69. The molecule has 3 nitrogen and oxygen atoms in total. The molecule has 0 unspecified atom stereocenters. The van der Waals surface area contributed by atoms with E-state index in [1.54, 1.807) is 0 Å². The Bertz CT molecular complexity index is 885. The van der Waals surface area contributed by atoms with Crippen LogP contribution in [0, 0.1) is 44.8 Å². The maximum atomic E-state index is 13.5. The maximum Gasteiger partial charge on any atom is 0.159 e. The lowest BCUT2D eigenvalue weighted by Gasteiger charge is -2.71. The summed E-state index contributed by atoms with van der Waals surface area (Å²) in [6.07, 6.45) is 10.6. The Morgan fingerprint density at radius 3 is 2.25 bits per heavy atom. The fourth-order valence-electron chi connectivity index (χ4n) is 10.1. The normalized spacial score (nSPS) is 52.4. The van der Waals surface area contributed by atoms with Gasteiger partial charge in [-0.3, -0.25) is 4.79 Å².